The number of nitriles is 1. The maximum atomic E-state index is 10.9. The Hall–Kier alpha value is -3.10. The normalized spacial score (nSPS) is 19.3. The molecule has 2 aromatic heterocycles. The van der Waals surface area contributed by atoms with Crippen LogP contribution in [0.3, 0.4) is 0 Å². The van der Waals surface area contributed by atoms with Crippen molar-refractivity contribution in [2.75, 3.05) is 18.5 Å². The lowest BCUT2D eigenvalue weighted by Gasteiger charge is -2.15. The van der Waals surface area contributed by atoms with Crippen LogP contribution in [0.4, 0.5) is 5.82 Å². The molecular formula is C17H15N5O3. The number of hydrogen-bond acceptors (Lipinski definition) is 7. The van der Waals surface area contributed by atoms with E-state index in [1.807, 2.05) is 12.8 Å². The standard InChI is InChI=1S/C17H15N5O3/c1-3-6-19-16-15-12(7-18)8-22(17(15)21-10-20-16)14-5-4-13(25-14)9-24-11(2)23/h1,4-5,8,10,13-14H,6,9H2,2H3,(H,19,20,21)/t13?,14-/m1/s1. The number of fused-ring (bicyclic) bond motifs is 1. The number of nitrogens with one attached hydrogen (secondary N) is 1. The van der Waals surface area contributed by atoms with Crippen molar-refractivity contribution in [3.63, 3.8) is 0 Å². The van der Waals surface area contributed by atoms with E-state index >= 15 is 0 Å². The Bertz CT molecular complexity index is 877. The minimum absolute atomic E-state index is 0.136. The van der Waals surface area contributed by atoms with Crippen LogP contribution in [0, 0.1) is 36.5 Å². The van der Waals surface area contributed by atoms with Crippen LogP contribution >= 0.6 is 0 Å². The summed E-state index contributed by atoms with van der Waals surface area (Å²) in [4.78, 5) is 19.3. The van der Waals surface area contributed by atoms with E-state index in [1.165, 1.54) is 13.3 Å². The van der Waals surface area contributed by atoms with Crippen LogP contribution in [0.25, 0.3) is 11.0 Å². The molecule has 0 amide bonds. The first-order chi connectivity index (χ1) is 12.1. The van der Waals surface area contributed by atoms with E-state index in [2.05, 4.69) is 27.3 Å². The molecule has 1 N–H and O–H groups in total. The lowest BCUT2D eigenvalue weighted by molar-refractivity contribution is -0.144. The number of carbonyl (C=O) groups is 1. The summed E-state index contributed by atoms with van der Waals surface area (Å²) in [7, 11) is 0. The Balaban J connectivity index is 1.89. The Morgan fingerprint density at radius 3 is 3.08 bits per heavy atom. The van der Waals surface area contributed by atoms with Crippen LogP contribution < -0.4 is 5.32 Å². The minimum atomic E-state index is -0.458. The van der Waals surface area contributed by atoms with Gasteiger partial charge in [-0.15, -0.1) is 6.42 Å². The number of hydrogen-bond donors (Lipinski definition) is 1. The predicted octanol–water partition coefficient (Wildman–Crippen LogP) is 1.22. The van der Waals surface area contributed by atoms with Gasteiger partial charge in [-0.05, 0) is 0 Å². The van der Waals surface area contributed by atoms with Gasteiger partial charge in [0.1, 0.15) is 36.7 Å². The first-order valence-corrected chi connectivity index (χ1v) is 7.54. The van der Waals surface area contributed by atoms with Crippen molar-refractivity contribution >= 4 is 22.8 Å². The SMILES string of the molecule is C#CCNc1ncnc2c1c(C#N)cn2[C@H]1[CH][CH]C(COC(C)=O)O1. The third kappa shape index (κ3) is 3.39. The number of ether oxygens (including phenoxy) is 2. The molecule has 1 aliphatic heterocycles. The van der Waals surface area contributed by atoms with E-state index in [0.717, 1.165) is 0 Å². The molecule has 0 aliphatic carbocycles. The fraction of sp³-hybridized carbons (Fsp3) is 0.294. The summed E-state index contributed by atoms with van der Waals surface area (Å²) in [5.74, 6) is 2.60. The number of rotatable bonds is 5. The zero-order valence-corrected chi connectivity index (χ0v) is 13.5. The van der Waals surface area contributed by atoms with Crippen LogP contribution in [-0.4, -0.2) is 39.8 Å². The summed E-state index contributed by atoms with van der Waals surface area (Å²) in [5, 5.41) is 13.0. The van der Waals surface area contributed by atoms with E-state index in [0.29, 0.717) is 22.4 Å². The van der Waals surface area contributed by atoms with E-state index < -0.39 is 6.23 Å². The van der Waals surface area contributed by atoms with Gasteiger partial charge in [-0.25, -0.2) is 9.97 Å². The quantitative estimate of drug-likeness (QED) is 0.646. The van der Waals surface area contributed by atoms with Gasteiger partial charge in [0.2, 0.25) is 0 Å². The lowest BCUT2D eigenvalue weighted by Crippen LogP contribution is -2.18. The second-order valence-corrected chi connectivity index (χ2v) is 5.29. The fourth-order valence-corrected chi connectivity index (χ4v) is 2.57. The maximum Gasteiger partial charge on any atom is 0.302 e. The monoisotopic (exact) mass is 337 g/mol. The average Bonchev–Trinajstić information content (AvgIpc) is 3.22. The van der Waals surface area contributed by atoms with Crippen LogP contribution in [0.2, 0.25) is 0 Å². The average molecular weight is 337 g/mol. The summed E-state index contributed by atoms with van der Waals surface area (Å²) in [6.07, 6.45) is 11.2. The molecule has 1 fully saturated rings. The van der Waals surface area contributed by atoms with Crippen LogP contribution in [0.1, 0.15) is 18.7 Å². The smallest absolute Gasteiger partial charge is 0.302 e. The third-order valence-electron chi connectivity index (χ3n) is 3.62. The molecule has 3 heterocycles. The van der Waals surface area contributed by atoms with Gasteiger partial charge in [-0.3, -0.25) is 4.79 Å². The van der Waals surface area contributed by atoms with Gasteiger partial charge >= 0.3 is 5.97 Å². The van der Waals surface area contributed by atoms with E-state index in [-0.39, 0.29) is 25.2 Å². The first-order valence-electron chi connectivity index (χ1n) is 7.54. The third-order valence-corrected chi connectivity index (χ3v) is 3.62. The number of anilines is 1. The molecule has 0 spiro atoms. The Morgan fingerprint density at radius 1 is 1.52 bits per heavy atom. The van der Waals surface area contributed by atoms with E-state index in [4.69, 9.17) is 15.9 Å². The van der Waals surface area contributed by atoms with Gasteiger partial charge in [0.25, 0.3) is 0 Å². The topological polar surface area (TPSA) is 102 Å². The highest BCUT2D eigenvalue weighted by Gasteiger charge is 2.30. The van der Waals surface area contributed by atoms with Gasteiger partial charge in [0, 0.05) is 26.0 Å². The van der Waals surface area contributed by atoms with Gasteiger partial charge in [-0.2, -0.15) is 5.26 Å². The van der Waals surface area contributed by atoms with Gasteiger partial charge in [0.05, 0.1) is 23.6 Å². The molecule has 3 rings (SSSR count). The van der Waals surface area contributed by atoms with Crippen molar-refractivity contribution in [1.82, 2.24) is 14.5 Å². The highest BCUT2D eigenvalue weighted by Crippen LogP contribution is 2.33. The highest BCUT2D eigenvalue weighted by molar-refractivity contribution is 5.93. The summed E-state index contributed by atoms with van der Waals surface area (Å²) in [6, 6.07) is 2.14. The number of nitrogens with zero attached hydrogens (tertiary/aromatic N) is 4. The molecule has 2 radical (unpaired) electrons. The summed E-state index contributed by atoms with van der Waals surface area (Å²) >= 11 is 0. The minimum Gasteiger partial charge on any atom is -0.463 e. The summed E-state index contributed by atoms with van der Waals surface area (Å²) < 4.78 is 12.5. The maximum absolute atomic E-state index is 10.9. The van der Waals surface area contributed by atoms with E-state index in [1.54, 1.807) is 10.8 Å². The Morgan fingerprint density at radius 2 is 2.36 bits per heavy atom. The molecule has 126 valence electrons. The van der Waals surface area contributed by atoms with Gasteiger partial charge in [0.15, 0.2) is 0 Å². The van der Waals surface area contributed by atoms with Crippen molar-refractivity contribution in [3.05, 3.63) is 30.9 Å². The largest absolute Gasteiger partial charge is 0.463 e. The van der Waals surface area contributed by atoms with Crippen molar-refractivity contribution in [2.45, 2.75) is 19.3 Å². The van der Waals surface area contributed by atoms with Crippen molar-refractivity contribution in [3.8, 4) is 18.4 Å². The van der Waals surface area contributed by atoms with Crippen molar-refractivity contribution in [1.29, 1.82) is 5.26 Å². The molecule has 0 aromatic carbocycles. The van der Waals surface area contributed by atoms with Crippen LogP contribution in [0.5, 0.6) is 0 Å². The second kappa shape index (κ2) is 7.20. The predicted molar refractivity (Wildman–Crippen MR) is 88.7 cm³/mol. The molecule has 8 nitrogen and oxygen atoms in total. The van der Waals surface area contributed by atoms with Crippen LogP contribution in [0.15, 0.2) is 12.5 Å². The van der Waals surface area contributed by atoms with Gasteiger partial charge in [-0.1, -0.05) is 5.92 Å². The molecule has 25 heavy (non-hydrogen) atoms. The number of terminal acetylenes is 1. The molecule has 2 aromatic rings. The summed E-state index contributed by atoms with van der Waals surface area (Å²) in [5.41, 5.74) is 0.962. The Kier molecular flexibility index (Phi) is 4.82. The van der Waals surface area contributed by atoms with Crippen molar-refractivity contribution < 1.29 is 14.3 Å². The Labute approximate surface area is 144 Å². The first kappa shape index (κ1) is 16.7. The summed E-state index contributed by atoms with van der Waals surface area (Å²) in [6.45, 7) is 1.76. The zero-order chi connectivity index (χ0) is 17.8. The lowest BCUT2D eigenvalue weighted by atomic mass is 10.2. The van der Waals surface area contributed by atoms with Crippen LogP contribution in [-0.2, 0) is 14.3 Å². The molecule has 0 saturated carbocycles. The number of esters is 1. The zero-order valence-electron chi connectivity index (χ0n) is 13.5. The van der Waals surface area contributed by atoms with Gasteiger partial charge < -0.3 is 19.4 Å². The molecule has 0 bridgehead atoms. The second-order valence-electron chi connectivity index (χ2n) is 5.29. The number of carbonyl (C=O) groups excluding carboxylic acids is 1. The molecule has 1 unspecified atom stereocenters. The fourth-order valence-electron chi connectivity index (χ4n) is 2.57. The molecule has 2 atom stereocenters. The highest BCUT2D eigenvalue weighted by atomic mass is 16.6. The molecule has 1 saturated heterocycles. The molecule has 8 heteroatoms. The van der Waals surface area contributed by atoms with E-state index in [9.17, 15) is 10.1 Å². The number of aromatic nitrogens is 3. The molecule has 1 aliphatic rings. The molecular weight excluding hydrogens is 322 g/mol. The van der Waals surface area contributed by atoms with Crippen molar-refractivity contribution in [2.24, 2.45) is 0 Å².